The summed E-state index contributed by atoms with van der Waals surface area (Å²) >= 11 is 0. The van der Waals surface area contributed by atoms with Crippen molar-refractivity contribution in [1.82, 2.24) is 0 Å². The van der Waals surface area contributed by atoms with Gasteiger partial charge in [0.1, 0.15) is 0 Å². The van der Waals surface area contributed by atoms with Crippen LogP contribution >= 0.6 is 0 Å². The largest absolute Gasteiger partial charge is 0.0999 e. The summed E-state index contributed by atoms with van der Waals surface area (Å²) < 4.78 is 0. The van der Waals surface area contributed by atoms with Crippen LogP contribution in [0.5, 0.6) is 0 Å². The Morgan fingerprint density at radius 1 is 1.11 bits per heavy atom. The van der Waals surface area contributed by atoms with E-state index in [9.17, 15) is 0 Å². The van der Waals surface area contributed by atoms with Crippen molar-refractivity contribution in [3.8, 4) is 0 Å². The van der Waals surface area contributed by atoms with Crippen LogP contribution in [0.3, 0.4) is 0 Å². The molecule has 1 fully saturated rings. The maximum absolute atomic E-state index is 4.12. The van der Waals surface area contributed by atoms with Crippen molar-refractivity contribution in [3.63, 3.8) is 0 Å². The molecule has 0 bridgehead atoms. The van der Waals surface area contributed by atoms with E-state index >= 15 is 0 Å². The molecule has 0 heterocycles. The van der Waals surface area contributed by atoms with Crippen molar-refractivity contribution in [2.24, 2.45) is 23.2 Å². The van der Waals surface area contributed by atoms with E-state index in [1.54, 1.807) is 0 Å². The molecule has 0 aromatic rings. The van der Waals surface area contributed by atoms with E-state index in [2.05, 4.69) is 41.2 Å². The third-order valence-corrected chi connectivity index (χ3v) is 4.18. The molecule has 1 saturated carbocycles. The minimum Gasteiger partial charge on any atom is -0.0999 e. The summed E-state index contributed by atoms with van der Waals surface area (Å²) in [7, 11) is 0. The average molecular weight is 255 g/mol. The smallest absolute Gasteiger partial charge is 0.0206 e. The van der Waals surface area contributed by atoms with E-state index in [1.807, 2.05) is 27.7 Å². The quantitative estimate of drug-likeness (QED) is 0.480. The second-order valence-electron chi connectivity index (χ2n) is 6.16. The second kappa shape index (κ2) is 9.64. The lowest BCUT2D eigenvalue weighted by molar-refractivity contribution is 0.0727. The molecule has 0 aromatic heterocycles. The fourth-order valence-electron chi connectivity index (χ4n) is 3.10. The van der Waals surface area contributed by atoms with Gasteiger partial charge < -0.3 is 0 Å². The summed E-state index contributed by atoms with van der Waals surface area (Å²) in [5, 5.41) is 0. The fourth-order valence-corrected chi connectivity index (χ4v) is 3.10. The lowest BCUT2D eigenvalue weighted by atomic mass is 9.61. The van der Waals surface area contributed by atoms with E-state index in [0.29, 0.717) is 5.41 Å². The second-order valence-corrected chi connectivity index (χ2v) is 6.16. The van der Waals surface area contributed by atoms with Gasteiger partial charge in [-0.05, 0) is 49.4 Å². The van der Waals surface area contributed by atoms with Crippen molar-refractivity contribution in [2.75, 3.05) is 0 Å². The summed E-state index contributed by atoms with van der Waals surface area (Å²) in [5.41, 5.74) is 1.94. The van der Waals surface area contributed by atoms with Gasteiger partial charge >= 0.3 is 0 Å². The van der Waals surface area contributed by atoms with Gasteiger partial charge in [-0.1, -0.05) is 67.5 Å². The first-order chi connectivity index (χ1) is 8.34. The van der Waals surface area contributed by atoms with E-state index in [4.69, 9.17) is 0 Å². The van der Waals surface area contributed by atoms with Gasteiger partial charge in [0.05, 0.1) is 0 Å². The number of hydrogen-bond acceptors (Lipinski definition) is 0. The standard InChI is InChI=1S/C14H26.2C2H6/c1-10(2)12-7-8-14(5,6)13(9-12)11(3)4;2*1-2/h11-13H,1,7-9H2,2-6H3;2*1-2H3. The van der Waals surface area contributed by atoms with Crippen LogP contribution in [-0.2, 0) is 0 Å². The Morgan fingerprint density at radius 3 is 1.89 bits per heavy atom. The summed E-state index contributed by atoms with van der Waals surface area (Å²) in [5.74, 6) is 2.47. The molecular weight excluding hydrogens is 216 g/mol. The van der Waals surface area contributed by atoms with E-state index in [1.165, 1.54) is 24.8 Å². The molecule has 0 nitrogen and oxygen atoms in total. The van der Waals surface area contributed by atoms with Crippen molar-refractivity contribution in [2.45, 2.75) is 81.6 Å². The molecule has 0 amide bonds. The number of rotatable bonds is 2. The first-order valence-electron chi connectivity index (χ1n) is 8.00. The lowest BCUT2D eigenvalue weighted by Crippen LogP contribution is -2.35. The zero-order valence-electron chi connectivity index (χ0n) is 14.6. The predicted molar refractivity (Wildman–Crippen MR) is 87.0 cm³/mol. The van der Waals surface area contributed by atoms with Gasteiger partial charge in [-0.2, -0.15) is 0 Å². The minimum absolute atomic E-state index is 0.542. The number of hydrogen-bond donors (Lipinski definition) is 0. The maximum atomic E-state index is 4.12. The Bertz CT molecular complexity index is 210. The molecule has 18 heavy (non-hydrogen) atoms. The van der Waals surface area contributed by atoms with Gasteiger partial charge in [0, 0.05) is 0 Å². The van der Waals surface area contributed by atoms with Crippen LogP contribution in [0.25, 0.3) is 0 Å². The van der Waals surface area contributed by atoms with Crippen molar-refractivity contribution in [3.05, 3.63) is 12.2 Å². The minimum atomic E-state index is 0.542. The molecule has 0 N–H and O–H groups in total. The highest BCUT2D eigenvalue weighted by Gasteiger charge is 2.37. The van der Waals surface area contributed by atoms with Crippen LogP contribution < -0.4 is 0 Å². The molecule has 2 unspecified atom stereocenters. The topological polar surface area (TPSA) is 0 Å². The SMILES string of the molecule is C=C(C)C1CCC(C)(C)C(C(C)C)C1.CC.CC. The summed E-state index contributed by atoms with van der Waals surface area (Å²) in [6.45, 7) is 23.9. The maximum Gasteiger partial charge on any atom is -0.0206 e. The predicted octanol–water partition coefficient (Wildman–Crippen LogP) is 6.71. The monoisotopic (exact) mass is 254 g/mol. The highest BCUT2D eigenvalue weighted by molar-refractivity contribution is 5.01. The number of allylic oxidation sites excluding steroid dienone is 1. The van der Waals surface area contributed by atoms with E-state index in [0.717, 1.165) is 17.8 Å². The van der Waals surface area contributed by atoms with E-state index in [-0.39, 0.29) is 0 Å². The molecule has 1 rings (SSSR count). The van der Waals surface area contributed by atoms with Crippen LogP contribution in [0, 0.1) is 23.2 Å². The molecule has 0 aliphatic heterocycles. The van der Waals surface area contributed by atoms with Gasteiger partial charge in [-0.3, -0.25) is 0 Å². The zero-order chi connectivity index (χ0) is 14.9. The summed E-state index contributed by atoms with van der Waals surface area (Å²) in [6, 6.07) is 0. The van der Waals surface area contributed by atoms with E-state index < -0.39 is 0 Å². The molecule has 1 aliphatic rings. The lowest BCUT2D eigenvalue weighted by Gasteiger charge is -2.44. The van der Waals surface area contributed by atoms with Gasteiger partial charge in [0.25, 0.3) is 0 Å². The van der Waals surface area contributed by atoms with Crippen LogP contribution in [0.4, 0.5) is 0 Å². The van der Waals surface area contributed by atoms with Gasteiger partial charge in [0.2, 0.25) is 0 Å². The average Bonchev–Trinajstić information content (AvgIpc) is 2.33. The molecule has 1 aliphatic carbocycles. The molecule has 2 atom stereocenters. The highest BCUT2D eigenvalue weighted by Crippen LogP contribution is 2.47. The van der Waals surface area contributed by atoms with Crippen molar-refractivity contribution >= 4 is 0 Å². The fraction of sp³-hybridized carbons (Fsp3) is 0.889. The molecule has 0 radical (unpaired) electrons. The van der Waals surface area contributed by atoms with Gasteiger partial charge in [-0.15, -0.1) is 0 Å². The zero-order valence-corrected chi connectivity index (χ0v) is 14.6. The van der Waals surface area contributed by atoms with Crippen molar-refractivity contribution < 1.29 is 0 Å². The summed E-state index contributed by atoms with van der Waals surface area (Å²) in [6.07, 6.45) is 4.08. The summed E-state index contributed by atoms with van der Waals surface area (Å²) in [4.78, 5) is 0. The Balaban J connectivity index is 0. The third-order valence-electron chi connectivity index (χ3n) is 4.18. The first kappa shape index (κ1) is 20.1. The van der Waals surface area contributed by atoms with Crippen LogP contribution in [0.1, 0.15) is 81.6 Å². The Kier molecular flexibility index (Phi) is 10.7. The molecule has 0 spiro atoms. The molecule has 110 valence electrons. The molecular formula is C18H38. The van der Waals surface area contributed by atoms with Crippen LogP contribution in [0.15, 0.2) is 12.2 Å². The normalized spacial score (nSPS) is 25.4. The highest BCUT2D eigenvalue weighted by atomic mass is 14.4. The Hall–Kier alpha value is -0.260. The van der Waals surface area contributed by atoms with Crippen LogP contribution in [-0.4, -0.2) is 0 Å². The van der Waals surface area contributed by atoms with Crippen LogP contribution in [0.2, 0.25) is 0 Å². The first-order valence-corrected chi connectivity index (χ1v) is 8.00. The molecule has 0 saturated heterocycles. The third kappa shape index (κ3) is 6.07. The Morgan fingerprint density at radius 2 is 1.56 bits per heavy atom. The van der Waals surface area contributed by atoms with Gasteiger partial charge in [0.15, 0.2) is 0 Å². The van der Waals surface area contributed by atoms with Crippen molar-refractivity contribution in [1.29, 1.82) is 0 Å². The van der Waals surface area contributed by atoms with Gasteiger partial charge in [-0.25, -0.2) is 0 Å². The molecule has 0 heteroatoms. The Labute approximate surface area is 117 Å². The molecule has 0 aromatic carbocycles.